The number of pyridine rings is 2. The van der Waals surface area contributed by atoms with Crippen LogP contribution >= 0.6 is 0 Å². The molecule has 0 saturated heterocycles. The highest BCUT2D eigenvalue weighted by Crippen LogP contribution is 2.14. The molecule has 0 bridgehead atoms. The van der Waals surface area contributed by atoms with E-state index in [1.54, 1.807) is 0 Å². The average Bonchev–Trinajstić information content (AvgIpc) is 2.61. The molecule has 4 rings (SSSR count). The Balaban J connectivity index is 1.55. The summed E-state index contributed by atoms with van der Waals surface area (Å²) in [4.78, 5) is 9.33. The molecule has 0 amide bonds. The van der Waals surface area contributed by atoms with Gasteiger partial charge in [-0.05, 0) is 30.3 Å². The van der Waals surface area contributed by atoms with Crippen molar-refractivity contribution in [2.24, 2.45) is 0 Å². The van der Waals surface area contributed by atoms with E-state index in [1.165, 1.54) is 10.8 Å². The Morgan fingerprint density at radius 3 is 2.09 bits per heavy atom. The summed E-state index contributed by atoms with van der Waals surface area (Å²) in [5.74, 6) is 0. The van der Waals surface area contributed by atoms with E-state index in [-0.39, 0.29) is 0 Å². The molecule has 0 aliphatic heterocycles. The minimum absolute atomic E-state index is 0.805. The first-order valence-electron chi connectivity index (χ1n) is 7.75. The van der Waals surface area contributed by atoms with Crippen LogP contribution in [0, 0.1) is 0 Å². The summed E-state index contributed by atoms with van der Waals surface area (Å²) >= 11 is 0. The van der Waals surface area contributed by atoms with E-state index < -0.39 is 0 Å². The van der Waals surface area contributed by atoms with Crippen LogP contribution in [0.3, 0.4) is 0 Å². The average molecular weight is 296 g/mol. The van der Waals surface area contributed by atoms with Gasteiger partial charge < -0.3 is 0 Å². The molecular formula is C21H16N2. The van der Waals surface area contributed by atoms with Gasteiger partial charge in [-0.3, -0.25) is 4.98 Å². The lowest BCUT2D eigenvalue weighted by atomic mass is 10.1. The van der Waals surface area contributed by atoms with E-state index in [0.717, 1.165) is 28.8 Å². The van der Waals surface area contributed by atoms with Crippen LogP contribution in [0.25, 0.3) is 27.9 Å². The Bertz CT molecular complexity index is 1000. The third-order valence-corrected chi connectivity index (χ3v) is 3.89. The van der Waals surface area contributed by atoms with Gasteiger partial charge in [0.25, 0.3) is 0 Å². The second-order valence-electron chi connectivity index (χ2n) is 5.53. The monoisotopic (exact) mass is 296 g/mol. The van der Waals surface area contributed by atoms with Gasteiger partial charge in [0.1, 0.15) is 0 Å². The molecule has 2 aromatic heterocycles. The van der Waals surface area contributed by atoms with Gasteiger partial charge in [-0.25, -0.2) is 4.98 Å². The highest BCUT2D eigenvalue weighted by molar-refractivity contribution is 5.80. The van der Waals surface area contributed by atoms with Crippen LogP contribution in [0.5, 0.6) is 0 Å². The minimum atomic E-state index is 0.805. The van der Waals surface area contributed by atoms with Crippen molar-refractivity contribution in [1.82, 2.24) is 9.97 Å². The van der Waals surface area contributed by atoms with Crippen LogP contribution in [0.2, 0.25) is 0 Å². The van der Waals surface area contributed by atoms with Crippen molar-refractivity contribution >= 4 is 27.9 Å². The van der Waals surface area contributed by atoms with Crippen LogP contribution in [-0.2, 0) is 6.42 Å². The van der Waals surface area contributed by atoms with Gasteiger partial charge in [0.2, 0.25) is 0 Å². The molecule has 0 atom stereocenters. The highest BCUT2D eigenvalue weighted by atomic mass is 14.7. The summed E-state index contributed by atoms with van der Waals surface area (Å²) in [5, 5.41) is 2.34. The van der Waals surface area contributed by atoms with Crippen molar-refractivity contribution in [1.29, 1.82) is 0 Å². The van der Waals surface area contributed by atoms with Crippen molar-refractivity contribution in [3.05, 3.63) is 90.3 Å². The lowest BCUT2D eigenvalue weighted by molar-refractivity contribution is 1.15. The third-order valence-electron chi connectivity index (χ3n) is 3.89. The second-order valence-corrected chi connectivity index (χ2v) is 5.53. The van der Waals surface area contributed by atoms with Crippen molar-refractivity contribution in [3.63, 3.8) is 0 Å². The molecule has 23 heavy (non-hydrogen) atoms. The summed E-state index contributed by atoms with van der Waals surface area (Å²) in [6, 6.07) is 24.7. The summed E-state index contributed by atoms with van der Waals surface area (Å²) in [5.41, 5.74) is 4.12. The summed E-state index contributed by atoms with van der Waals surface area (Å²) < 4.78 is 0. The molecule has 0 unspecified atom stereocenters. The standard InChI is InChI=1S/C21H16N2/c1-3-10-20-16(6-1)12-14-18(22-20)8-5-9-19-15-13-17-7-2-4-11-21(17)23-19/h1-8,10-15H,9H2. The molecule has 2 aromatic carbocycles. The number of para-hydroxylation sites is 2. The Hall–Kier alpha value is -3.00. The van der Waals surface area contributed by atoms with Gasteiger partial charge in [0.15, 0.2) is 0 Å². The molecule has 0 saturated carbocycles. The molecule has 0 aliphatic rings. The third kappa shape index (κ3) is 2.97. The predicted octanol–water partition coefficient (Wildman–Crippen LogP) is 5.04. The molecule has 0 fully saturated rings. The van der Waals surface area contributed by atoms with Crippen molar-refractivity contribution < 1.29 is 0 Å². The number of nitrogens with zero attached hydrogens (tertiary/aromatic N) is 2. The van der Waals surface area contributed by atoms with E-state index in [2.05, 4.69) is 52.5 Å². The molecule has 0 radical (unpaired) electrons. The first-order valence-corrected chi connectivity index (χ1v) is 7.75. The van der Waals surface area contributed by atoms with E-state index in [9.17, 15) is 0 Å². The number of fused-ring (bicyclic) bond motifs is 2. The number of rotatable bonds is 3. The van der Waals surface area contributed by atoms with Crippen LogP contribution < -0.4 is 0 Å². The molecule has 2 heteroatoms. The number of aromatic nitrogens is 2. The lowest BCUT2D eigenvalue weighted by Crippen LogP contribution is -1.88. The number of benzene rings is 2. The van der Waals surface area contributed by atoms with Crippen molar-refractivity contribution in [2.75, 3.05) is 0 Å². The van der Waals surface area contributed by atoms with Gasteiger partial charge in [-0.15, -0.1) is 0 Å². The van der Waals surface area contributed by atoms with Gasteiger partial charge in [-0.1, -0.05) is 54.6 Å². The summed E-state index contributed by atoms with van der Waals surface area (Å²) in [6.07, 6.45) is 4.98. The smallest absolute Gasteiger partial charge is 0.0709 e. The Kier molecular flexibility index (Phi) is 3.57. The van der Waals surface area contributed by atoms with Gasteiger partial charge in [-0.2, -0.15) is 0 Å². The Morgan fingerprint density at radius 1 is 0.652 bits per heavy atom. The van der Waals surface area contributed by atoms with Crippen LogP contribution in [0.1, 0.15) is 11.4 Å². The fraction of sp³-hybridized carbons (Fsp3) is 0.0476. The first kappa shape index (κ1) is 13.6. The van der Waals surface area contributed by atoms with Crippen LogP contribution in [-0.4, -0.2) is 9.97 Å². The molecule has 2 heterocycles. The van der Waals surface area contributed by atoms with E-state index >= 15 is 0 Å². The van der Waals surface area contributed by atoms with Crippen molar-refractivity contribution in [3.8, 4) is 0 Å². The molecule has 4 aromatic rings. The molecule has 0 spiro atoms. The van der Waals surface area contributed by atoms with Gasteiger partial charge in [0, 0.05) is 22.9 Å². The number of hydrogen-bond acceptors (Lipinski definition) is 2. The van der Waals surface area contributed by atoms with Crippen molar-refractivity contribution in [2.45, 2.75) is 6.42 Å². The Morgan fingerprint density at radius 2 is 1.30 bits per heavy atom. The van der Waals surface area contributed by atoms with E-state index in [0.29, 0.717) is 0 Å². The van der Waals surface area contributed by atoms with E-state index in [4.69, 9.17) is 0 Å². The second kappa shape index (κ2) is 6.01. The maximum atomic E-state index is 4.68. The molecule has 0 N–H and O–H groups in total. The zero-order valence-electron chi connectivity index (χ0n) is 12.7. The van der Waals surface area contributed by atoms with Crippen LogP contribution in [0.15, 0.2) is 78.9 Å². The van der Waals surface area contributed by atoms with Gasteiger partial charge in [0.05, 0.1) is 16.7 Å². The lowest BCUT2D eigenvalue weighted by Gasteiger charge is -2.00. The quantitative estimate of drug-likeness (QED) is 0.529. The van der Waals surface area contributed by atoms with Gasteiger partial charge >= 0.3 is 0 Å². The molecular weight excluding hydrogens is 280 g/mol. The predicted molar refractivity (Wildman–Crippen MR) is 96.2 cm³/mol. The van der Waals surface area contributed by atoms with Crippen LogP contribution in [0.4, 0.5) is 0 Å². The fourth-order valence-corrected chi connectivity index (χ4v) is 2.70. The summed E-state index contributed by atoms with van der Waals surface area (Å²) in [6.45, 7) is 0. The Labute approximate surface area is 135 Å². The zero-order valence-corrected chi connectivity index (χ0v) is 12.7. The minimum Gasteiger partial charge on any atom is -0.253 e. The molecule has 2 nitrogen and oxygen atoms in total. The largest absolute Gasteiger partial charge is 0.253 e. The SMILES string of the molecule is C(=Cc1ccc2ccccc2n1)Cc1ccc2ccccc2n1. The number of hydrogen-bond donors (Lipinski definition) is 0. The normalized spacial score (nSPS) is 11.5. The topological polar surface area (TPSA) is 25.8 Å². The van der Waals surface area contributed by atoms with E-state index in [1.807, 2.05) is 42.5 Å². The number of allylic oxidation sites excluding steroid dienone is 1. The highest BCUT2D eigenvalue weighted by Gasteiger charge is 1.97. The molecule has 110 valence electrons. The maximum absolute atomic E-state index is 4.68. The first-order chi connectivity index (χ1) is 11.4. The zero-order chi connectivity index (χ0) is 15.5. The summed E-state index contributed by atoms with van der Waals surface area (Å²) in [7, 11) is 0. The molecule has 0 aliphatic carbocycles. The fourth-order valence-electron chi connectivity index (χ4n) is 2.70. The maximum Gasteiger partial charge on any atom is 0.0709 e.